The molecule has 0 saturated carbocycles. The van der Waals surface area contributed by atoms with Crippen LogP contribution < -0.4 is 18.9 Å². The van der Waals surface area contributed by atoms with Gasteiger partial charge in [0.25, 0.3) is 0 Å². The first-order chi connectivity index (χ1) is 24.6. The van der Waals surface area contributed by atoms with Crippen LogP contribution in [0.1, 0.15) is 75.3 Å². The van der Waals surface area contributed by atoms with Crippen molar-refractivity contribution in [1.29, 1.82) is 0 Å². The first-order valence-corrected chi connectivity index (χ1v) is 16.7. The normalized spacial score (nSPS) is 14.6. The van der Waals surface area contributed by atoms with Crippen LogP contribution in [-0.4, -0.2) is 99.3 Å². The molecule has 2 atom stereocenters. The van der Waals surface area contributed by atoms with Gasteiger partial charge in [-0.1, -0.05) is 36.4 Å². The molecule has 0 bridgehead atoms. The van der Waals surface area contributed by atoms with Gasteiger partial charge in [-0.25, -0.2) is 4.79 Å². The number of carbonyl (C=O) groups is 4. The maximum absolute atomic E-state index is 15.1. The first kappa shape index (κ1) is 39.5. The largest absolute Gasteiger partial charge is 0.504 e. The lowest BCUT2D eigenvalue weighted by atomic mass is 9.86. The number of carbonyl (C=O) groups excluding carboxylic acids is 4. The number of amides is 2. The van der Waals surface area contributed by atoms with E-state index in [1.807, 2.05) is 30.3 Å². The third kappa shape index (κ3) is 7.94. The van der Waals surface area contributed by atoms with E-state index in [1.165, 1.54) is 40.4 Å². The van der Waals surface area contributed by atoms with Crippen molar-refractivity contribution in [2.45, 2.75) is 65.3 Å². The van der Waals surface area contributed by atoms with Crippen LogP contribution in [0.5, 0.6) is 28.7 Å². The standard InChI is InChI=1S/C39H48N2O11/c1-22-16-25(26(19-42)32(44)33(22)47-7)17-27(40(6)38(46)52-39(3,4)5)37(45)41-18-29(43)31-30(28(41)21-51-20-24-14-12-11-13-15-24)36(50-10)35(49-9)23(2)34(31)48-8/h11-16,19,27-28,44H,17-18,20-21H2,1-10H3. The van der Waals surface area contributed by atoms with Crippen molar-refractivity contribution in [1.82, 2.24) is 9.80 Å². The van der Waals surface area contributed by atoms with Gasteiger partial charge in [-0.2, -0.15) is 0 Å². The zero-order valence-electron chi connectivity index (χ0n) is 31.4. The summed E-state index contributed by atoms with van der Waals surface area (Å²) >= 11 is 0. The smallest absolute Gasteiger partial charge is 0.410 e. The van der Waals surface area contributed by atoms with Crippen LogP contribution in [-0.2, 0) is 27.3 Å². The number of likely N-dealkylation sites (N-methyl/N-ethyl adjacent to an activating group) is 1. The van der Waals surface area contributed by atoms with Crippen molar-refractivity contribution in [2.24, 2.45) is 0 Å². The molecule has 1 heterocycles. The average Bonchev–Trinajstić information content (AvgIpc) is 3.10. The number of phenolic OH excluding ortho intramolecular Hbond substituents is 1. The first-order valence-electron chi connectivity index (χ1n) is 16.7. The minimum atomic E-state index is -1.33. The van der Waals surface area contributed by atoms with E-state index in [1.54, 1.807) is 40.7 Å². The highest BCUT2D eigenvalue weighted by Gasteiger charge is 2.45. The third-order valence-corrected chi connectivity index (χ3v) is 8.95. The second-order valence-corrected chi connectivity index (χ2v) is 13.5. The van der Waals surface area contributed by atoms with Crippen molar-refractivity contribution in [3.05, 3.63) is 75.3 Å². The van der Waals surface area contributed by atoms with E-state index in [4.69, 9.17) is 28.4 Å². The van der Waals surface area contributed by atoms with Crippen LogP contribution in [0.15, 0.2) is 36.4 Å². The molecule has 52 heavy (non-hydrogen) atoms. The lowest BCUT2D eigenvalue weighted by Gasteiger charge is -2.41. The van der Waals surface area contributed by atoms with Crippen LogP contribution in [0.4, 0.5) is 4.79 Å². The molecule has 2 unspecified atom stereocenters. The molecule has 0 radical (unpaired) electrons. The minimum absolute atomic E-state index is 0.0858. The number of rotatable bonds is 13. The molecule has 0 aromatic heterocycles. The Morgan fingerprint density at radius 3 is 2.15 bits per heavy atom. The number of phenols is 1. The summed E-state index contributed by atoms with van der Waals surface area (Å²) in [5.74, 6) is -0.554. The molecule has 0 fully saturated rings. The number of ketones is 1. The van der Waals surface area contributed by atoms with E-state index in [0.29, 0.717) is 28.7 Å². The summed E-state index contributed by atoms with van der Waals surface area (Å²) in [4.78, 5) is 57.6. The van der Waals surface area contributed by atoms with E-state index in [-0.39, 0.29) is 53.6 Å². The number of hydrogen-bond donors (Lipinski definition) is 1. The molecule has 0 saturated heterocycles. The van der Waals surface area contributed by atoms with Gasteiger partial charge < -0.3 is 38.4 Å². The fraction of sp³-hybridized carbons (Fsp3) is 0.436. The van der Waals surface area contributed by atoms with Gasteiger partial charge in [0, 0.05) is 24.6 Å². The van der Waals surface area contributed by atoms with Gasteiger partial charge in [0.1, 0.15) is 17.4 Å². The Labute approximate surface area is 304 Å². The Kier molecular flexibility index (Phi) is 12.4. The van der Waals surface area contributed by atoms with Crippen LogP contribution in [0, 0.1) is 13.8 Å². The summed E-state index contributed by atoms with van der Waals surface area (Å²) in [6.07, 6.45) is -0.576. The number of nitrogens with zero attached hydrogens (tertiary/aromatic N) is 2. The van der Waals surface area contributed by atoms with E-state index in [2.05, 4.69) is 0 Å². The summed E-state index contributed by atoms with van der Waals surface area (Å²) in [5, 5.41) is 11.0. The van der Waals surface area contributed by atoms with E-state index >= 15 is 4.79 Å². The molecule has 1 N–H and O–H groups in total. The van der Waals surface area contributed by atoms with Crippen LogP contribution in [0.2, 0.25) is 0 Å². The van der Waals surface area contributed by atoms with Gasteiger partial charge in [-0.05, 0) is 51.3 Å². The second kappa shape index (κ2) is 16.4. The number of benzene rings is 3. The number of aromatic hydroxyl groups is 1. The van der Waals surface area contributed by atoms with Gasteiger partial charge in [-0.15, -0.1) is 0 Å². The molecule has 280 valence electrons. The SMILES string of the molecule is COc1c(C)cc(CC(C(=O)N2CC(=O)c3c(OC)c(C)c(OC)c(OC)c3C2COCc2ccccc2)N(C)C(=O)OC(C)(C)C)c(C=O)c1O. The van der Waals surface area contributed by atoms with Crippen molar-refractivity contribution >= 4 is 24.1 Å². The third-order valence-electron chi connectivity index (χ3n) is 8.95. The molecule has 3 aromatic rings. The van der Waals surface area contributed by atoms with Crippen molar-refractivity contribution < 1.29 is 52.7 Å². The Hall–Kier alpha value is -5.30. The van der Waals surface area contributed by atoms with E-state index in [0.717, 1.165) is 10.5 Å². The van der Waals surface area contributed by atoms with Gasteiger partial charge in [-0.3, -0.25) is 19.3 Å². The molecule has 13 heteroatoms. The summed E-state index contributed by atoms with van der Waals surface area (Å²) in [6.45, 7) is 8.22. The molecule has 2 amide bonds. The zero-order chi connectivity index (χ0) is 38.5. The number of Topliss-reactive ketones (excluding diaryl/α,β-unsaturated/α-hetero) is 1. The topological polar surface area (TPSA) is 150 Å². The van der Waals surface area contributed by atoms with E-state index in [9.17, 15) is 19.5 Å². The molecule has 0 spiro atoms. The molecule has 4 rings (SSSR count). The number of aryl methyl sites for hydroxylation is 1. The lowest BCUT2D eigenvalue weighted by Crippen LogP contribution is -2.55. The Balaban J connectivity index is 1.92. The van der Waals surface area contributed by atoms with Gasteiger partial charge >= 0.3 is 6.09 Å². The molecule has 1 aliphatic rings. The van der Waals surface area contributed by atoms with Crippen LogP contribution in [0.25, 0.3) is 0 Å². The predicted octanol–water partition coefficient (Wildman–Crippen LogP) is 5.62. The highest BCUT2D eigenvalue weighted by atomic mass is 16.6. The predicted molar refractivity (Wildman–Crippen MR) is 192 cm³/mol. The fourth-order valence-corrected chi connectivity index (χ4v) is 6.56. The average molecular weight is 721 g/mol. The monoisotopic (exact) mass is 720 g/mol. The number of aldehydes is 1. The maximum atomic E-state index is 15.1. The van der Waals surface area contributed by atoms with Crippen LogP contribution >= 0.6 is 0 Å². The Morgan fingerprint density at radius 1 is 0.981 bits per heavy atom. The molecule has 13 nitrogen and oxygen atoms in total. The van der Waals surface area contributed by atoms with Crippen molar-refractivity contribution in [3.8, 4) is 28.7 Å². The quantitative estimate of drug-likeness (QED) is 0.219. The van der Waals surface area contributed by atoms with E-state index < -0.39 is 47.8 Å². The number of hydrogen-bond acceptors (Lipinski definition) is 11. The number of ether oxygens (including phenoxy) is 6. The van der Waals surface area contributed by atoms with Gasteiger partial charge in [0.15, 0.2) is 35.1 Å². The second-order valence-electron chi connectivity index (χ2n) is 13.5. The van der Waals surface area contributed by atoms with Crippen molar-refractivity contribution in [3.63, 3.8) is 0 Å². The molecule has 0 aliphatic carbocycles. The number of fused-ring (bicyclic) bond motifs is 1. The summed E-state index contributed by atoms with van der Waals surface area (Å²) < 4.78 is 34.6. The summed E-state index contributed by atoms with van der Waals surface area (Å²) in [5.41, 5.74) is 1.74. The van der Waals surface area contributed by atoms with Crippen LogP contribution in [0.3, 0.4) is 0 Å². The molecule has 1 aliphatic heterocycles. The molecular weight excluding hydrogens is 672 g/mol. The van der Waals surface area contributed by atoms with Gasteiger partial charge in [0.05, 0.1) is 65.4 Å². The fourth-order valence-electron chi connectivity index (χ4n) is 6.56. The van der Waals surface area contributed by atoms with Gasteiger partial charge in [0.2, 0.25) is 5.91 Å². The lowest BCUT2D eigenvalue weighted by molar-refractivity contribution is -0.140. The highest BCUT2D eigenvalue weighted by Crippen LogP contribution is 2.50. The summed E-state index contributed by atoms with van der Waals surface area (Å²) in [6, 6.07) is 8.81. The molecule has 3 aromatic carbocycles. The van der Waals surface area contributed by atoms with Crippen molar-refractivity contribution in [2.75, 3.05) is 48.6 Å². The summed E-state index contributed by atoms with van der Waals surface area (Å²) in [7, 11) is 7.13. The molecular formula is C39H48N2O11. The number of methoxy groups -OCH3 is 4. The maximum Gasteiger partial charge on any atom is 0.410 e. The highest BCUT2D eigenvalue weighted by molar-refractivity contribution is 6.07. The Bertz CT molecular complexity index is 1820. The zero-order valence-corrected chi connectivity index (χ0v) is 31.4. The Morgan fingerprint density at radius 2 is 1.60 bits per heavy atom. The minimum Gasteiger partial charge on any atom is -0.504 e.